The lowest BCUT2D eigenvalue weighted by molar-refractivity contribution is 0.0591. The van der Waals surface area contributed by atoms with Crippen LogP contribution >= 0.6 is 0 Å². The summed E-state index contributed by atoms with van der Waals surface area (Å²) in [6.07, 6.45) is 0. The molecule has 0 heterocycles. The van der Waals surface area contributed by atoms with E-state index in [9.17, 15) is 22.4 Å². The monoisotopic (exact) mass is 250 g/mol. The van der Waals surface area contributed by atoms with Crippen molar-refractivity contribution in [2.75, 3.05) is 7.11 Å². The molecule has 0 bridgehead atoms. The van der Waals surface area contributed by atoms with Crippen LogP contribution in [-0.2, 0) is 4.74 Å². The van der Waals surface area contributed by atoms with Crippen molar-refractivity contribution in [3.8, 4) is 0 Å². The first-order valence-corrected chi connectivity index (χ1v) is 4.77. The molecule has 0 N–H and O–H groups in total. The Hall–Kier alpha value is -1.59. The second-order valence-corrected chi connectivity index (χ2v) is 3.69. The summed E-state index contributed by atoms with van der Waals surface area (Å²) in [7, 11) is 0.936. The number of benzene rings is 1. The number of halogens is 4. The minimum absolute atomic E-state index is 0.534. The molecule has 1 rings (SSSR count). The van der Waals surface area contributed by atoms with Gasteiger partial charge in [-0.1, -0.05) is 13.8 Å². The zero-order valence-corrected chi connectivity index (χ0v) is 9.41. The minimum Gasteiger partial charge on any atom is -0.465 e. The largest absolute Gasteiger partial charge is 0.465 e. The normalized spacial score (nSPS) is 10.8. The number of methoxy groups -OCH3 is 1. The van der Waals surface area contributed by atoms with Gasteiger partial charge in [0, 0.05) is 5.56 Å². The maximum absolute atomic E-state index is 13.5. The molecule has 0 radical (unpaired) electrons. The van der Waals surface area contributed by atoms with E-state index in [1.165, 1.54) is 13.8 Å². The molecule has 0 aliphatic rings. The molecule has 0 fully saturated rings. The summed E-state index contributed by atoms with van der Waals surface area (Å²) < 4.78 is 57.1. The summed E-state index contributed by atoms with van der Waals surface area (Å²) in [5.41, 5.74) is -1.44. The number of rotatable bonds is 2. The summed E-state index contributed by atoms with van der Waals surface area (Å²) in [4.78, 5) is 11.3. The molecule has 0 saturated carbocycles. The van der Waals surface area contributed by atoms with Crippen LogP contribution in [-0.4, -0.2) is 13.1 Å². The lowest BCUT2D eigenvalue weighted by atomic mass is 9.95. The third kappa shape index (κ3) is 2.11. The second kappa shape index (κ2) is 4.73. The highest BCUT2D eigenvalue weighted by atomic mass is 19.2. The number of hydrogen-bond acceptors (Lipinski definition) is 2. The average molecular weight is 250 g/mol. The lowest BCUT2D eigenvalue weighted by Gasteiger charge is -2.14. The van der Waals surface area contributed by atoms with Crippen LogP contribution < -0.4 is 0 Å². The van der Waals surface area contributed by atoms with Crippen LogP contribution in [0, 0.1) is 23.3 Å². The van der Waals surface area contributed by atoms with Gasteiger partial charge in [-0.15, -0.1) is 0 Å². The lowest BCUT2D eigenvalue weighted by Crippen LogP contribution is -2.16. The molecular formula is C11H10F4O2. The third-order valence-corrected chi connectivity index (χ3v) is 2.27. The first-order chi connectivity index (χ1) is 7.82. The van der Waals surface area contributed by atoms with Crippen molar-refractivity contribution >= 4 is 5.97 Å². The van der Waals surface area contributed by atoms with E-state index in [4.69, 9.17) is 0 Å². The highest BCUT2D eigenvalue weighted by molar-refractivity contribution is 5.91. The number of carbonyl (C=O) groups is 1. The van der Waals surface area contributed by atoms with E-state index in [-0.39, 0.29) is 0 Å². The van der Waals surface area contributed by atoms with E-state index >= 15 is 0 Å². The maximum Gasteiger partial charge on any atom is 0.341 e. The fourth-order valence-corrected chi connectivity index (χ4v) is 1.49. The molecule has 1 aromatic carbocycles. The van der Waals surface area contributed by atoms with Crippen LogP contribution in [0.2, 0.25) is 0 Å². The van der Waals surface area contributed by atoms with E-state index in [2.05, 4.69) is 4.74 Å². The van der Waals surface area contributed by atoms with E-state index in [1.807, 2.05) is 0 Å². The highest BCUT2D eigenvalue weighted by Crippen LogP contribution is 2.30. The van der Waals surface area contributed by atoms with Gasteiger partial charge < -0.3 is 4.74 Å². The Morgan fingerprint density at radius 3 is 1.88 bits per heavy atom. The van der Waals surface area contributed by atoms with E-state index in [0.29, 0.717) is 0 Å². The van der Waals surface area contributed by atoms with Crippen LogP contribution in [0.1, 0.15) is 35.7 Å². The van der Waals surface area contributed by atoms with Gasteiger partial charge >= 0.3 is 5.97 Å². The maximum atomic E-state index is 13.5. The molecular weight excluding hydrogens is 240 g/mol. The van der Waals surface area contributed by atoms with Crippen molar-refractivity contribution in [3.05, 3.63) is 34.4 Å². The van der Waals surface area contributed by atoms with Gasteiger partial charge in [0.2, 0.25) is 0 Å². The van der Waals surface area contributed by atoms with E-state index in [1.54, 1.807) is 0 Å². The zero-order chi connectivity index (χ0) is 13.3. The number of ether oxygens (including phenoxy) is 1. The minimum atomic E-state index is -2.02. The average Bonchev–Trinajstić information content (AvgIpc) is 2.29. The number of carbonyl (C=O) groups excluding carboxylic acids is 1. The summed E-state index contributed by atoms with van der Waals surface area (Å²) in [6, 6.07) is 0. The third-order valence-electron chi connectivity index (χ3n) is 2.27. The smallest absolute Gasteiger partial charge is 0.341 e. The molecule has 0 aliphatic carbocycles. The van der Waals surface area contributed by atoms with Crippen molar-refractivity contribution in [2.24, 2.45) is 0 Å². The fraction of sp³-hybridized carbons (Fsp3) is 0.364. The molecule has 0 amide bonds. The van der Waals surface area contributed by atoms with Gasteiger partial charge in [-0.25, -0.2) is 22.4 Å². The SMILES string of the molecule is COC(=O)c1c(F)c(F)c(F)c(F)c1C(C)C. The highest BCUT2D eigenvalue weighted by Gasteiger charge is 2.30. The van der Waals surface area contributed by atoms with Crippen molar-refractivity contribution in [1.29, 1.82) is 0 Å². The van der Waals surface area contributed by atoms with Gasteiger partial charge in [-0.3, -0.25) is 0 Å². The van der Waals surface area contributed by atoms with Gasteiger partial charge in [-0.2, -0.15) is 0 Å². The van der Waals surface area contributed by atoms with E-state index < -0.39 is 46.3 Å². The van der Waals surface area contributed by atoms with Crippen molar-refractivity contribution in [1.82, 2.24) is 0 Å². The Bertz CT molecular complexity index is 469. The molecule has 0 saturated heterocycles. The van der Waals surface area contributed by atoms with Crippen LogP contribution in [0.25, 0.3) is 0 Å². The summed E-state index contributed by atoms with van der Waals surface area (Å²) >= 11 is 0. The van der Waals surface area contributed by atoms with Gasteiger partial charge in [-0.05, 0) is 5.92 Å². The van der Waals surface area contributed by atoms with Gasteiger partial charge in [0.05, 0.1) is 7.11 Å². The number of esters is 1. The molecule has 6 heteroatoms. The van der Waals surface area contributed by atoms with Crippen LogP contribution in [0.4, 0.5) is 17.6 Å². The first kappa shape index (κ1) is 13.5. The van der Waals surface area contributed by atoms with Crippen molar-refractivity contribution in [2.45, 2.75) is 19.8 Å². The van der Waals surface area contributed by atoms with Gasteiger partial charge in [0.1, 0.15) is 5.56 Å². The Labute approximate surface area is 95.2 Å². The van der Waals surface area contributed by atoms with Crippen molar-refractivity contribution in [3.63, 3.8) is 0 Å². The van der Waals surface area contributed by atoms with Gasteiger partial charge in [0.15, 0.2) is 23.3 Å². The zero-order valence-electron chi connectivity index (χ0n) is 9.41. The van der Waals surface area contributed by atoms with E-state index in [0.717, 1.165) is 7.11 Å². The molecule has 94 valence electrons. The summed E-state index contributed by atoms with van der Waals surface area (Å²) in [6.45, 7) is 2.84. The summed E-state index contributed by atoms with van der Waals surface area (Å²) in [5.74, 6) is -9.21. The van der Waals surface area contributed by atoms with Crippen LogP contribution in [0.15, 0.2) is 0 Å². The molecule has 2 nitrogen and oxygen atoms in total. The Morgan fingerprint density at radius 2 is 1.47 bits per heavy atom. The second-order valence-electron chi connectivity index (χ2n) is 3.69. The van der Waals surface area contributed by atoms with Crippen molar-refractivity contribution < 1.29 is 27.1 Å². The standard InChI is InChI=1S/C11H10F4O2/c1-4(2)5-6(11(16)17-3)8(13)10(15)9(14)7(5)12/h4H,1-3H3. The number of hydrogen-bond donors (Lipinski definition) is 0. The molecule has 0 unspecified atom stereocenters. The Balaban J connectivity index is 3.72. The molecule has 0 spiro atoms. The summed E-state index contributed by atoms with van der Waals surface area (Å²) in [5, 5.41) is 0. The fourth-order valence-electron chi connectivity index (χ4n) is 1.49. The molecule has 0 aliphatic heterocycles. The van der Waals surface area contributed by atoms with Gasteiger partial charge in [0.25, 0.3) is 0 Å². The predicted octanol–water partition coefficient (Wildman–Crippen LogP) is 3.15. The Kier molecular flexibility index (Phi) is 3.75. The first-order valence-electron chi connectivity index (χ1n) is 4.77. The molecule has 0 atom stereocenters. The predicted molar refractivity (Wildman–Crippen MR) is 51.7 cm³/mol. The topological polar surface area (TPSA) is 26.3 Å². The molecule has 1 aromatic rings. The molecule has 17 heavy (non-hydrogen) atoms. The molecule has 0 aromatic heterocycles. The Morgan fingerprint density at radius 1 is 1.00 bits per heavy atom. The quantitative estimate of drug-likeness (QED) is 0.349. The van der Waals surface area contributed by atoms with Crippen LogP contribution in [0.3, 0.4) is 0 Å². The van der Waals surface area contributed by atoms with Crippen LogP contribution in [0.5, 0.6) is 0 Å².